The molecule has 1 saturated heterocycles. The zero-order valence-corrected chi connectivity index (χ0v) is 23.8. The van der Waals surface area contributed by atoms with E-state index in [1.165, 1.54) is 17.8 Å². The van der Waals surface area contributed by atoms with Crippen molar-refractivity contribution in [1.29, 1.82) is 0 Å². The van der Waals surface area contributed by atoms with Gasteiger partial charge in [-0.25, -0.2) is 14.8 Å². The third-order valence-electron chi connectivity index (χ3n) is 8.73. The van der Waals surface area contributed by atoms with Gasteiger partial charge >= 0.3 is 5.97 Å². The molecule has 1 saturated carbocycles. The van der Waals surface area contributed by atoms with Gasteiger partial charge in [-0.1, -0.05) is 18.2 Å². The van der Waals surface area contributed by atoms with Gasteiger partial charge in [-0.05, 0) is 72.7 Å². The Balaban J connectivity index is 1.10. The quantitative estimate of drug-likeness (QED) is 0.300. The highest BCUT2D eigenvalue weighted by molar-refractivity contribution is 6.02. The molecule has 0 atom stereocenters. The number of likely N-dealkylation sites (tertiary alicyclic amines) is 1. The number of fused-ring (bicyclic) bond motifs is 2. The zero-order chi connectivity index (χ0) is 29.7. The molecular weight excluding hydrogens is 546 g/mol. The summed E-state index contributed by atoms with van der Waals surface area (Å²) in [6, 6.07) is 16.4. The fourth-order valence-electron chi connectivity index (χ4n) is 6.31. The first-order valence-electron chi connectivity index (χ1n) is 14.8. The van der Waals surface area contributed by atoms with Gasteiger partial charge < -0.3 is 19.5 Å². The number of carboxylic acid groups (broad SMARTS) is 1. The number of nitrogens with zero attached hydrogens (tertiary/aromatic N) is 3. The molecule has 9 nitrogen and oxygen atoms in total. The van der Waals surface area contributed by atoms with Crippen LogP contribution in [0, 0.1) is 0 Å². The number of piperidine rings is 1. The predicted octanol–water partition coefficient (Wildman–Crippen LogP) is 5.91. The molecule has 0 unspecified atom stereocenters. The molecule has 1 N–H and O–H groups in total. The van der Waals surface area contributed by atoms with Crippen molar-refractivity contribution in [1.82, 2.24) is 14.9 Å². The van der Waals surface area contributed by atoms with Gasteiger partial charge in [0.25, 0.3) is 5.91 Å². The summed E-state index contributed by atoms with van der Waals surface area (Å²) in [5.74, 6) is 0.388. The van der Waals surface area contributed by atoms with E-state index >= 15 is 0 Å². The standard InChI is InChI=1S/C34H31N3O6/c1-2-42-30-18-26(36-31-23(20-6-7-20)4-3-5-24(30)31)32(39)37-14-11-34(12-15-37)19-28(38)25-16-21(8-9-29(25)43-34)22-10-13-35-27(17-22)33(40)41/h3-5,8-10,13,16-18,20H,2,6-7,11-12,14-15,19H2,1H3,(H,40,41). The zero-order valence-electron chi connectivity index (χ0n) is 23.8. The number of hydrogen-bond acceptors (Lipinski definition) is 7. The maximum Gasteiger partial charge on any atom is 0.354 e. The van der Waals surface area contributed by atoms with Crippen molar-refractivity contribution in [2.45, 2.75) is 50.5 Å². The number of para-hydroxylation sites is 1. The number of rotatable bonds is 6. The second-order valence-electron chi connectivity index (χ2n) is 11.6. The van der Waals surface area contributed by atoms with Gasteiger partial charge in [0.05, 0.1) is 24.1 Å². The van der Waals surface area contributed by atoms with Crippen LogP contribution < -0.4 is 9.47 Å². The minimum atomic E-state index is -1.11. The van der Waals surface area contributed by atoms with E-state index in [4.69, 9.17) is 14.5 Å². The molecule has 7 rings (SSSR count). The molecule has 218 valence electrons. The van der Waals surface area contributed by atoms with Crippen molar-refractivity contribution in [2.24, 2.45) is 0 Å². The number of ketones is 1. The van der Waals surface area contributed by atoms with Crippen LogP contribution in [0.15, 0.2) is 60.8 Å². The Bertz CT molecular complexity index is 1790. The summed E-state index contributed by atoms with van der Waals surface area (Å²) in [4.78, 5) is 49.0. The highest BCUT2D eigenvalue weighted by Gasteiger charge is 2.44. The Labute approximate surface area is 248 Å². The van der Waals surface area contributed by atoms with E-state index in [1.54, 1.807) is 29.2 Å². The van der Waals surface area contributed by atoms with Crippen LogP contribution in [0.4, 0.5) is 0 Å². The highest BCUT2D eigenvalue weighted by Crippen LogP contribution is 2.44. The van der Waals surface area contributed by atoms with Crippen molar-refractivity contribution in [3.63, 3.8) is 0 Å². The molecule has 2 aliphatic heterocycles. The molecule has 1 spiro atoms. The maximum absolute atomic E-state index is 13.7. The maximum atomic E-state index is 13.7. The average molecular weight is 578 g/mol. The molecule has 4 aromatic rings. The van der Waals surface area contributed by atoms with E-state index in [2.05, 4.69) is 11.1 Å². The van der Waals surface area contributed by atoms with Crippen molar-refractivity contribution in [3.05, 3.63) is 83.3 Å². The van der Waals surface area contributed by atoms with Crippen molar-refractivity contribution < 1.29 is 29.0 Å². The molecule has 1 amide bonds. The minimum Gasteiger partial charge on any atom is -0.493 e. The molecule has 2 aromatic carbocycles. The first kappa shape index (κ1) is 27.1. The number of benzene rings is 2. The fraction of sp³-hybridized carbons (Fsp3) is 0.324. The number of carbonyl (C=O) groups excluding carboxylic acids is 2. The molecule has 43 heavy (non-hydrogen) atoms. The molecule has 0 bridgehead atoms. The second kappa shape index (κ2) is 10.5. The van der Waals surface area contributed by atoms with Crippen LogP contribution in [0.2, 0.25) is 0 Å². The number of carbonyl (C=O) groups is 3. The monoisotopic (exact) mass is 577 g/mol. The lowest BCUT2D eigenvalue weighted by Gasteiger charge is -2.44. The average Bonchev–Trinajstić information content (AvgIpc) is 3.86. The van der Waals surface area contributed by atoms with Crippen LogP contribution in [0.25, 0.3) is 22.0 Å². The lowest BCUT2D eigenvalue weighted by Crippen LogP contribution is -2.52. The Kier molecular flexibility index (Phi) is 6.60. The first-order chi connectivity index (χ1) is 20.8. The van der Waals surface area contributed by atoms with Gasteiger partial charge in [0.2, 0.25) is 0 Å². The topological polar surface area (TPSA) is 119 Å². The molecule has 9 heteroatoms. The van der Waals surface area contributed by atoms with Crippen LogP contribution in [-0.2, 0) is 0 Å². The Morgan fingerprint density at radius 1 is 1.05 bits per heavy atom. The van der Waals surface area contributed by atoms with E-state index in [1.807, 2.05) is 25.1 Å². The number of amides is 1. The smallest absolute Gasteiger partial charge is 0.354 e. The minimum absolute atomic E-state index is 0.0273. The molecule has 0 radical (unpaired) electrons. The van der Waals surface area contributed by atoms with Gasteiger partial charge in [0.1, 0.15) is 28.5 Å². The van der Waals surface area contributed by atoms with Gasteiger partial charge in [-0.2, -0.15) is 0 Å². The number of Topliss-reactive ketones (excluding diaryl/α,β-unsaturated/α-hetero) is 1. The summed E-state index contributed by atoms with van der Waals surface area (Å²) >= 11 is 0. The molecule has 2 aromatic heterocycles. The van der Waals surface area contributed by atoms with E-state index in [0.29, 0.717) is 66.8 Å². The van der Waals surface area contributed by atoms with Gasteiger partial charge in [0.15, 0.2) is 5.78 Å². The largest absolute Gasteiger partial charge is 0.493 e. The van der Waals surface area contributed by atoms with Crippen molar-refractivity contribution in [3.8, 4) is 22.6 Å². The van der Waals surface area contributed by atoms with Crippen LogP contribution in [-0.4, -0.2) is 62.9 Å². The summed E-state index contributed by atoms with van der Waals surface area (Å²) in [5, 5.41) is 10.2. The lowest BCUT2D eigenvalue weighted by molar-refractivity contribution is -0.00585. The molecule has 2 fully saturated rings. The van der Waals surface area contributed by atoms with E-state index in [9.17, 15) is 19.5 Å². The van der Waals surface area contributed by atoms with Crippen molar-refractivity contribution >= 4 is 28.6 Å². The number of aromatic nitrogens is 2. The molecular formula is C34H31N3O6. The summed E-state index contributed by atoms with van der Waals surface area (Å²) in [7, 11) is 0. The Morgan fingerprint density at radius 2 is 1.84 bits per heavy atom. The van der Waals surface area contributed by atoms with Crippen LogP contribution >= 0.6 is 0 Å². The number of carboxylic acids is 1. The van der Waals surface area contributed by atoms with Crippen LogP contribution in [0.3, 0.4) is 0 Å². The summed E-state index contributed by atoms with van der Waals surface area (Å²) in [6.07, 6.45) is 4.98. The summed E-state index contributed by atoms with van der Waals surface area (Å²) in [5.41, 5.74) is 3.51. The normalized spacial score (nSPS) is 17.4. The second-order valence-corrected chi connectivity index (χ2v) is 11.6. The first-order valence-corrected chi connectivity index (χ1v) is 14.8. The van der Waals surface area contributed by atoms with E-state index in [0.717, 1.165) is 29.3 Å². The van der Waals surface area contributed by atoms with Crippen molar-refractivity contribution in [2.75, 3.05) is 19.7 Å². The number of ether oxygens (including phenoxy) is 2. The highest BCUT2D eigenvalue weighted by atomic mass is 16.5. The lowest BCUT2D eigenvalue weighted by atomic mass is 9.82. The van der Waals surface area contributed by atoms with E-state index in [-0.39, 0.29) is 23.8 Å². The summed E-state index contributed by atoms with van der Waals surface area (Å²) in [6.45, 7) is 3.32. The van der Waals surface area contributed by atoms with E-state index < -0.39 is 11.6 Å². The van der Waals surface area contributed by atoms with Gasteiger partial charge in [-0.3, -0.25) is 9.59 Å². The third kappa shape index (κ3) is 4.98. The molecule has 3 aliphatic rings. The number of pyridine rings is 2. The van der Waals surface area contributed by atoms with Gasteiger partial charge in [-0.15, -0.1) is 0 Å². The van der Waals surface area contributed by atoms with Gasteiger partial charge in [0, 0.05) is 43.6 Å². The number of aromatic carboxylic acids is 1. The fourth-order valence-corrected chi connectivity index (χ4v) is 6.31. The summed E-state index contributed by atoms with van der Waals surface area (Å²) < 4.78 is 12.4. The predicted molar refractivity (Wildman–Crippen MR) is 159 cm³/mol. The number of hydrogen-bond donors (Lipinski definition) is 1. The molecule has 1 aliphatic carbocycles. The Morgan fingerprint density at radius 3 is 2.58 bits per heavy atom. The SMILES string of the molecule is CCOc1cc(C(=O)N2CCC3(CC2)CC(=O)c2cc(-c4ccnc(C(=O)O)c4)ccc2O3)nc2c(C3CC3)cccc12. The Hall–Kier alpha value is -4.79. The molecule has 4 heterocycles. The third-order valence-corrected chi connectivity index (χ3v) is 8.73. The van der Waals surface area contributed by atoms with Crippen LogP contribution in [0.1, 0.15) is 81.8 Å². The van der Waals surface area contributed by atoms with Crippen LogP contribution in [0.5, 0.6) is 11.5 Å².